The molecule has 0 saturated carbocycles. The monoisotopic (exact) mass is 472 g/mol. The number of aromatic nitrogens is 2. The smallest absolute Gasteiger partial charge is 0.0547 e. The molecule has 0 N–H and O–H groups in total. The summed E-state index contributed by atoms with van der Waals surface area (Å²) in [5.74, 6) is 0. The molecule has 2 nitrogen and oxygen atoms in total. The zero-order valence-corrected chi connectivity index (χ0v) is 20.5. The number of rotatable bonds is 2. The Kier molecular flexibility index (Phi) is 4.18. The average molecular weight is 473 g/mol. The van der Waals surface area contributed by atoms with Crippen LogP contribution >= 0.6 is 0 Å². The first-order valence-corrected chi connectivity index (χ1v) is 12.8. The lowest BCUT2D eigenvalue weighted by atomic mass is 10.00. The number of hydrogen-bond donors (Lipinski definition) is 0. The summed E-state index contributed by atoms with van der Waals surface area (Å²) < 4.78 is 4.72. The van der Waals surface area contributed by atoms with E-state index < -0.39 is 0 Å². The molecule has 0 fully saturated rings. The second-order valence-corrected chi connectivity index (χ2v) is 9.89. The molecule has 0 aliphatic heterocycles. The predicted octanol–water partition coefficient (Wildman–Crippen LogP) is 9.25. The van der Waals surface area contributed by atoms with Crippen LogP contribution in [0.4, 0.5) is 0 Å². The van der Waals surface area contributed by atoms with Crippen molar-refractivity contribution in [1.29, 1.82) is 0 Å². The molecule has 2 aromatic heterocycles. The minimum absolute atomic E-state index is 1.18. The molecule has 0 unspecified atom stereocenters. The van der Waals surface area contributed by atoms with Gasteiger partial charge < -0.3 is 9.13 Å². The van der Waals surface area contributed by atoms with Gasteiger partial charge in [-0.2, -0.15) is 0 Å². The van der Waals surface area contributed by atoms with E-state index >= 15 is 0 Å². The van der Waals surface area contributed by atoms with Gasteiger partial charge in [0.1, 0.15) is 0 Å². The SMILES string of the molecule is Cn1c2cc(-c3ccc4c5ccccc5n(-c5ccccc5)c4c3)ccc2c2c3ccccc3ccc21. The van der Waals surface area contributed by atoms with Gasteiger partial charge in [0.05, 0.1) is 11.0 Å². The Morgan fingerprint density at radius 3 is 1.92 bits per heavy atom. The van der Waals surface area contributed by atoms with Crippen LogP contribution in [0.25, 0.3) is 71.2 Å². The third-order valence-electron chi connectivity index (χ3n) is 7.92. The van der Waals surface area contributed by atoms with Crippen molar-refractivity contribution < 1.29 is 0 Å². The molecule has 0 aliphatic rings. The molecule has 0 amide bonds. The number of fused-ring (bicyclic) bond motifs is 8. The van der Waals surface area contributed by atoms with Gasteiger partial charge in [0.15, 0.2) is 0 Å². The fraction of sp³-hybridized carbons (Fsp3) is 0.0286. The summed E-state index contributed by atoms with van der Waals surface area (Å²) in [6.07, 6.45) is 0. The molecule has 174 valence electrons. The largest absolute Gasteiger partial charge is 0.344 e. The lowest BCUT2D eigenvalue weighted by Gasteiger charge is -2.09. The number of para-hydroxylation sites is 2. The van der Waals surface area contributed by atoms with Crippen molar-refractivity contribution in [3.63, 3.8) is 0 Å². The number of hydrogen-bond acceptors (Lipinski definition) is 0. The van der Waals surface area contributed by atoms with Gasteiger partial charge in [-0.1, -0.05) is 91.0 Å². The van der Waals surface area contributed by atoms with Crippen LogP contribution < -0.4 is 0 Å². The Labute approximate surface area is 214 Å². The van der Waals surface area contributed by atoms with Gasteiger partial charge in [-0.3, -0.25) is 0 Å². The summed E-state index contributed by atoms with van der Waals surface area (Å²) in [5, 5.41) is 7.79. The highest BCUT2D eigenvalue weighted by Gasteiger charge is 2.15. The molecule has 0 bridgehead atoms. The van der Waals surface area contributed by atoms with E-state index in [0.29, 0.717) is 0 Å². The summed E-state index contributed by atoms with van der Waals surface area (Å²) in [4.78, 5) is 0. The van der Waals surface area contributed by atoms with E-state index in [1.54, 1.807) is 0 Å². The van der Waals surface area contributed by atoms with Crippen molar-refractivity contribution in [2.24, 2.45) is 7.05 Å². The van der Waals surface area contributed by atoms with Crippen molar-refractivity contribution in [1.82, 2.24) is 9.13 Å². The van der Waals surface area contributed by atoms with Crippen molar-refractivity contribution in [2.75, 3.05) is 0 Å². The minimum Gasteiger partial charge on any atom is -0.344 e. The maximum Gasteiger partial charge on any atom is 0.0547 e. The second-order valence-electron chi connectivity index (χ2n) is 9.89. The molecule has 2 heterocycles. The molecule has 8 aromatic rings. The highest BCUT2D eigenvalue weighted by molar-refractivity contribution is 6.21. The predicted molar refractivity (Wildman–Crippen MR) is 158 cm³/mol. The van der Waals surface area contributed by atoms with Gasteiger partial charge >= 0.3 is 0 Å². The van der Waals surface area contributed by atoms with Gasteiger partial charge in [0.25, 0.3) is 0 Å². The molecule has 0 atom stereocenters. The number of benzene rings is 6. The van der Waals surface area contributed by atoms with Gasteiger partial charge in [-0.25, -0.2) is 0 Å². The van der Waals surface area contributed by atoms with E-state index in [9.17, 15) is 0 Å². The fourth-order valence-electron chi connectivity index (χ4n) is 6.16. The molecule has 0 radical (unpaired) electrons. The highest BCUT2D eigenvalue weighted by Crippen LogP contribution is 2.38. The first-order valence-electron chi connectivity index (χ1n) is 12.8. The summed E-state index contributed by atoms with van der Waals surface area (Å²) in [6.45, 7) is 0. The average Bonchev–Trinajstić information content (AvgIpc) is 3.45. The van der Waals surface area contributed by atoms with Gasteiger partial charge in [0.2, 0.25) is 0 Å². The zero-order valence-electron chi connectivity index (χ0n) is 20.5. The number of nitrogens with zero attached hydrogens (tertiary/aromatic N) is 2. The summed E-state index contributed by atoms with van der Waals surface area (Å²) in [5.41, 5.74) is 8.63. The molecular weight excluding hydrogens is 448 g/mol. The topological polar surface area (TPSA) is 9.86 Å². The fourth-order valence-corrected chi connectivity index (χ4v) is 6.16. The lowest BCUT2D eigenvalue weighted by molar-refractivity contribution is 1.01. The van der Waals surface area contributed by atoms with Crippen LogP contribution in [0.15, 0.2) is 127 Å². The van der Waals surface area contributed by atoms with E-state index in [4.69, 9.17) is 0 Å². The molecule has 37 heavy (non-hydrogen) atoms. The molecule has 0 saturated heterocycles. The summed E-state index contributed by atoms with van der Waals surface area (Å²) >= 11 is 0. The summed E-state index contributed by atoms with van der Waals surface area (Å²) in [7, 11) is 2.18. The molecule has 0 spiro atoms. The minimum atomic E-state index is 1.18. The molecular formula is C35H24N2. The Hall–Kier alpha value is -4.82. The van der Waals surface area contributed by atoms with Crippen molar-refractivity contribution in [2.45, 2.75) is 0 Å². The Morgan fingerprint density at radius 2 is 1.08 bits per heavy atom. The van der Waals surface area contributed by atoms with Gasteiger partial charge in [-0.05, 0) is 58.3 Å². The van der Waals surface area contributed by atoms with E-state index in [2.05, 4.69) is 144 Å². The first kappa shape index (κ1) is 20.4. The third kappa shape index (κ3) is 2.87. The van der Waals surface area contributed by atoms with E-state index in [-0.39, 0.29) is 0 Å². The zero-order chi connectivity index (χ0) is 24.5. The van der Waals surface area contributed by atoms with Crippen LogP contribution in [0, 0.1) is 0 Å². The highest BCUT2D eigenvalue weighted by atomic mass is 15.0. The van der Waals surface area contributed by atoms with Crippen LogP contribution in [0.1, 0.15) is 0 Å². The Balaban J connectivity index is 1.39. The molecule has 0 aliphatic carbocycles. The Morgan fingerprint density at radius 1 is 0.432 bits per heavy atom. The van der Waals surface area contributed by atoms with Gasteiger partial charge in [-0.15, -0.1) is 0 Å². The molecule has 8 rings (SSSR count). The van der Waals surface area contributed by atoms with Crippen LogP contribution in [0.2, 0.25) is 0 Å². The van der Waals surface area contributed by atoms with Gasteiger partial charge in [0, 0.05) is 45.3 Å². The normalized spacial score (nSPS) is 11.9. The maximum atomic E-state index is 2.38. The standard InChI is InChI=1S/C35H24N2/c1-36-32-20-17-23-9-5-6-12-27(23)35(32)30-19-16-24(21-33(30)36)25-15-18-29-28-13-7-8-14-31(28)37(34(29)22-25)26-10-3-2-4-11-26/h2-22H,1H3. The van der Waals surface area contributed by atoms with Crippen LogP contribution in [0.5, 0.6) is 0 Å². The van der Waals surface area contributed by atoms with E-state index in [1.165, 1.54) is 71.2 Å². The molecule has 6 aromatic carbocycles. The van der Waals surface area contributed by atoms with Crippen LogP contribution in [-0.2, 0) is 7.05 Å². The lowest BCUT2D eigenvalue weighted by Crippen LogP contribution is -1.93. The van der Waals surface area contributed by atoms with Crippen molar-refractivity contribution in [3.8, 4) is 16.8 Å². The van der Waals surface area contributed by atoms with E-state index in [0.717, 1.165) is 0 Å². The summed E-state index contributed by atoms with van der Waals surface area (Å²) in [6, 6.07) is 46.3. The number of aryl methyl sites for hydroxylation is 1. The Bertz CT molecular complexity index is 2140. The molecule has 2 heteroatoms. The van der Waals surface area contributed by atoms with E-state index in [1.807, 2.05) is 0 Å². The maximum absolute atomic E-state index is 2.38. The quantitative estimate of drug-likeness (QED) is 0.237. The third-order valence-corrected chi connectivity index (χ3v) is 7.92. The van der Waals surface area contributed by atoms with Crippen molar-refractivity contribution in [3.05, 3.63) is 127 Å². The van der Waals surface area contributed by atoms with Crippen LogP contribution in [0.3, 0.4) is 0 Å². The van der Waals surface area contributed by atoms with Crippen LogP contribution in [-0.4, -0.2) is 9.13 Å². The second kappa shape index (κ2) is 7.59. The van der Waals surface area contributed by atoms with Crippen molar-refractivity contribution >= 4 is 54.4 Å². The first-order chi connectivity index (χ1) is 18.3.